The van der Waals surface area contributed by atoms with E-state index in [0.29, 0.717) is 0 Å². The van der Waals surface area contributed by atoms with Crippen molar-refractivity contribution in [2.45, 2.75) is 19.9 Å². The van der Waals surface area contributed by atoms with Crippen molar-refractivity contribution < 1.29 is 9.53 Å². The van der Waals surface area contributed by atoms with Gasteiger partial charge in [-0.1, -0.05) is 0 Å². The number of aromatic nitrogens is 1. The number of methoxy groups -OCH3 is 1. The number of nitrogens with zero attached hydrogens (tertiary/aromatic N) is 1. The lowest BCUT2D eigenvalue weighted by Crippen LogP contribution is -2.26. The molecular weight excluding hydrogens is 200 g/mol. The van der Waals surface area contributed by atoms with Crippen LogP contribution in [0.3, 0.4) is 0 Å². The molecule has 0 bridgehead atoms. The number of thiazole rings is 1. The first-order chi connectivity index (χ1) is 6.63. The van der Waals surface area contributed by atoms with Crippen molar-refractivity contribution in [3.63, 3.8) is 0 Å². The number of esters is 1. The molecule has 1 atom stereocenters. The average Bonchev–Trinajstić information content (AvgIpc) is 2.60. The smallest absolute Gasteiger partial charge is 0.319 e. The van der Waals surface area contributed by atoms with Gasteiger partial charge in [0.15, 0.2) is 0 Å². The summed E-state index contributed by atoms with van der Waals surface area (Å²) >= 11 is 1.61. The molecule has 1 heterocycles. The van der Waals surface area contributed by atoms with Crippen LogP contribution in [-0.2, 0) is 9.53 Å². The third-order valence-electron chi connectivity index (χ3n) is 1.86. The fourth-order valence-electron chi connectivity index (χ4n) is 0.992. The van der Waals surface area contributed by atoms with E-state index in [1.54, 1.807) is 11.3 Å². The molecule has 0 amide bonds. The van der Waals surface area contributed by atoms with Gasteiger partial charge in [-0.25, -0.2) is 4.98 Å². The standard InChI is InChI=1S/C9H14N2O2S/c1-6(10-4-9(12)13-3)8-5-14-7(2)11-8/h5-6,10H,4H2,1-3H3. The summed E-state index contributed by atoms with van der Waals surface area (Å²) in [5.74, 6) is -0.260. The first-order valence-electron chi connectivity index (χ1n) is 4.35. The quantitative estimate of drug-likeness (QED) is 0.767. The lowest BCUT2D eigenvalue weighted by atomic mass is 10.2. The zero-order valence-corrected chi connectivity index (χ0v) is 9.35. The molecule has 14 heavy (non-hydrogen) atoms. The van der Waals surface area contributed by atoms with Gasteiger partial charge in [-0.05, 0) is 13.8 Å². The van der Waals surface area contributed by atoms with Crippen LogP contribution in [0.5, 0.6) is 0 Å². The minimum Gasteiger partial charge on any atom is -0.468 e. The zero-order chi connectivity index (χ0) is 10.6. The van der Waals surface area contributed by atoms with E-state index in [9.17, 15) is 4.79 Å². The highest BCUT2D eigenvalue weighted by molar-refractivity contribution is 7.09. The van der Waals surface area contributed by atoms with Gasteiger partial charge in [-0.15, -0.1) is 11.3 Å². The Bertz CT molecular complexity index is 312. The van der Waals surface area contributed by atoms with Gasteiger partial charge in [0.2, 0.25) is 0 Å². The van der Waals surface area contributed by atoms with E-state index in [1.165, 1.54) is 7.11 Å². The number of nitrogens with one attached hydrogen (secondary N) is 1. The first kappa shape index (κ1) is 11.1. The molecule has 0 radical (unpaired) electrons. The van der Waals surface area contributed by atoms with Crippen molar-refractivity contribution in [1.29, 1.82) is 0 Å². The maximum absolute atomic E-state index is 10.9. The van der Waals surface area contributed by atoms with Gasteiger partial charge in [0.05, 0.1) is 24.4 Å². The van der Waals surface area contributed by atoms with Crippen molar-refractivity contribution in [1.82, 2.24) is 10.3 Å². The first-order valence-corrected chi connectivity index (χ1v) is 5.23. The van der Waals surface area contributed by atoms with Gasteiger partial charge < -0.3 is 4.74 Å². The fourth-order valence-corrected chi connectivity index (χ4v) is 1.70. The molecule has 4 nitrogen and oxygen atoms in total. The maximum Gasteiger partial charge on any atom is 0.319 e. The van der Waals surface area contributed by atoms with E-state index in [-0.39, 0.29) is 18.6 Å². The number of hydrogen-bond acceptors (Lipinski definition) is 5. The Morgan fingerprint density at radius 2 is 2.50 bits per heavy atom. The highest BCUT2D eigenvalue weighted by Gasteiger charge is 2.09. The van der Waals surface area contributed by atoms with Crippen molar-refractivity contribution in [3.8, 4) is 0 Å². The molecule has 1 N–H and O–H groups in total. The normalized spacial score (nSPS) is 12.5. The monoisotopic (exact) mass is 214 g/mol. The van der Waals surface area contributed by atoms with Crippen LogP contribution in [0.1, 0.15) is 23.7 Å². The van der Waals surface area contributed by atoms with Crippen LogP contribution in [0.4, 0.5) is 0 Å². The number of ether oxygens (including phenoxy) is 1. The molecule has 1 unspecified atom stereocenters. The van der Waals surface area contributed by atoms with Gasteiger partial charge >= 0.3 is 5.97 Å². The van der Waals surface area contributed by atoms with Gasteiger partial charge in [0.1, 0.15) is 0 Å². The summed E-state index contributed by atoms with van der Waals surface area (Å²) in [4.78, 5) is 15.2. The van der Waals surface area contributed by atoms with Crippen molar-refractivity contribution in [2.75, 3.05) is 13.7 Å². The van der Waals surface area contributed by atoms with Gasteiger partial charge in [-0.2, -0.15) is 0 Å². The summed E-state index contributed by atoms with van der Waals surface area (Å²) in [7, 11) is 1.38. The largest absolute Gasteiger partial charge is 0.468 e. The lowest BCUT2D eigenvalue weighted by Gasteiger charge is -2.09. The lowest BCUT2D eigenvalue weighted by molar-refractivity contribution is -0.139. The van der Waals surface area contributed by atoms with Gasteiger partial charge in [-0.3, -0.25) is 10.1 Å². The Morgan fingerprint density at radius 1 is 1.79 bits per heavy atom. The SMILES string of the molecule is COC(=O)CNC(C)c1csc(C)n1. The highest BCUT2D eigenvalue weighted by atomic mass is 32.1. The summed E-state index contributed by atoms with van der Waals surface area (Å²) < 4.78 is 4.52. The van der Waals surface area contributed by atoms with Crippen LogP contribution in [0, 0.1) is 6.92 Å². The summed E-state index contributed by atoms with van der Waals surface area (Å²) in [5, 5.41) is 6.06. The summed E-state index contributed by atoms with van der Waals surface area (Å²) in [6.45, 7) is 4.15. The van der Waals surface area contributed by atoms with E-state index < -0.39 is 0 Å². The molecule has 0 saturated carbocycles. The number of carbonyl (C=O) groups is 1. The summed E-state index contributed by atoms with van der Waals surface area (Å²) in [6, 6.07) is 0.0825. The average molecular weight is 214 g/mol. The second-order valence-electron chi connectivity index (χ2n) is 2.97. The molecule has 0 aromatic carbocycles. The van der Waals surface area contributed by atoms with Crippen LogP contribution in [0.15, 0.2) is 5.38 Å². The van der Waals surface area contributed by atoms with Crippen molar-refractivity contribution in [2.24, 2.45) is 0 Å². The van der Waals surface area contributed by atoms with E-state index in [0.717, 1.165) is 10.7 Å². The number of carbonyl (C=O) groups excluding carboxylic acids is 1. The predicted octanol–water partition coefficient (Wildman–Crippen LogP) is 1.28. The van der Waals surface area contributed by atoms with E-state index in [1.807, 2.05) is 19.2 Å². The van der Waals surface area contributed by atoms with E-state index in [4.69, 9.17) is 0 Å². The topological polar surface area (TPSA) is 51.2 Å². The third-order valence-corrected chi connectivity index (χ3v) is 2.65. The Kier molecular flexibility index (Phi) is 4.03. The summed E-state index contributed by atoms with van der Waals surface area (Å²) in [6.07, 6.45) is 0. The highest BCUT2D eigenvalue weighted by Crippen LogP contribution is 2.15. The number of rotatable bonds is 4. The van der Waals surface area contributed by atoms with Crippen LogP contribution in [-0.4, -0.2) is 24.6 Å². The predicted molar refractivity (Wildman–Crippen MR) is 55.3 cm³/mol. The van der Waals surface area contributed by atoms with E-state index in [2.05, 4.69) is 15.0 Å². The fraction of sp³-hybridized carbons (Fsp3) is 0.556. The molecule has 1 aromatic rings. The van der Waals surface area contributed by atoms with Gasteiger partial charge in [0, 0.05) is 11.4 Å². The van der Waals surface area contributed by atoms with Gasteiger partial charge in [0.25, 0.3) is 0 Å². The molecule has 1 rings (SSSR count). The van der Waals surface area contributed by atoms with Crippen LogP contribution >= 0.6 is 11.3 Å². The second kappa shape index (κ2) is 5.07. The molecular formula is C9H14N2O2S. The minimum atomic E-state index is -0.260. The Hall–Kier alpha value is -0.940. The van der Waals surface area contributed by atoms with Crippen molar-refractivity contribution >= 4 is 17.3 Å². The molecule has 0 fully saturated rings. The molecule has 0 aliphatic heterocycles. The van der Waals surface area contributed by atoms with Crippen LogP contribution in [0.2, 0.25) is 0 Å². The second-order valence-corrected chi connectivity index (χ2v) is 4.03. The molecule has 1 aromatic heterocycles. The maximum atomic E-state index is 10.9. The Labute approximate surface area is 87.3 Å². The van der Waals surface area contributed by atoms with E-state index >= 15 is 0 Å². The minimum absolute atomic E-state index is 0.0825. The molecule has 5 heteroatoms. The summed E-state index contributed by atoms with van der Waals surface area (Å²) in [5.41, 5.74) is 0.969. The number of hydrogen-bond donors (Lipinski definition) is 1. The Morgan fingerprint density at radius 3 is 3.00 bits per heavy atom. The zero-order valence-electron chi connectivity index (χ0n) is 8.53. The van der Waals surface area contributed by atoms with Crippen molar-refractivity contribution in [3.05, 3.63) is 16.1 Å². The molecule has 78 valence electrons. The Balaban J connectivity index is 2.42. The van der Waals surface area contributed by atoms with Crippen LogP contribution < -0.4 is 5.32 Å². The molecule has 0 aliphatic rings. The third kappa shape index (κ3) is 3.08. The van der Waals surface area contributed by atoms with Crippen LogP contribution in [0.25, 0.3) is 0 Å². The molecule has 0 saturated heterocycles. The number of aryl methyl sites for hydroxylation is 1. The molecule has 0 spiro atoms. The molecule has 0 aliphatic carbocycles.